The highest BCUT2D eigenvalue weighted by molar-refractivity contribution is 6.33. The van der Waals surface area contributed by atoms with E-state index < -0.39 is 35.9 Å². The van der Waals surface area contributed by atoms with E-state index in [9.17, 15) is 27.2 Å². The molecule has 0 radical (unpaired) electrons. The number of nitrogens with zero attached hydrogens (tertiary/aromatic N) is 3. The molecule has 190 valence electrons. The van der Waals surface area contributed by atoms with Gasteiger partial charge in [0.1, 0.15) is 11.9 Å². The number of rotatable bonds is 6. The van der Waals surface area contributed by atoms with Crippen molar-refractivity contribution in [2.45, 2.75) is 38.7 Å². The van der Waals surface area contributed by atoms with Crippen molar-refractivity contribution in [3.05, 3.63) is 40.3 Å². The van der Waals surface area contributed by atoms with Gasteiger partial charge >= 0.3 is 18.1 Å². The third-order valence-corrected chi connectivity index (χ3v) is 5.03. The predicted molar refractivity (Wildman–Crippen MR) is 113 cm³/mol. The number of carbonyl (C=O) groups excluding carboxylic acids is 1. The van der Waals surface area contributed by atoms with Crippen LogP contribution in [0.25, 0.3) is 11.3 Å². The average molecular weight is 523 g/mol. The molecular formula is C20H19ClF4N4O6. The summed E-state index contributed by atoms with van der Waals surface area (Å²) in [4.78, 5) is 42.1. The molecule has 1 aromatic heterocycles. The van der Waals surface area contributed by atoms with E-state index in [-0.39, 0.29) is 52.5 Å². The van der Waals surface area contributed by atoms with Crippen molar-refractivity contribution in [2.75, 3.05) is 11.9 Å². The van der Waals surface area contributed by atoms with Gasteiger partial charge in [0, 0.05) is 22.7 Å². The van der Waals surface area contributed by atoms with E-state index in [4.69, 9.17) is 31.7 Å². The van der Waals surface area contributed by atoms with Crippen molar-refractivity contribution in [1.82, 2.24) is 14.9 Å². The van der Waals surface area contributed by atoms with Crippen LogP contribution < -0.4 is 5.32 Å². The number of aliphatic carboxylic acids is 2. The number of aromatic nitrogens is 2. The second-order valence-electron chi connectivity index (χ2n) is 7.35. The first-order valence-electron chi connectivity index (χ1n) is 9.74. The molecule has 2 heterocycles. The van der Waals surface area contributed by atoms with Crippen LogP contribution in [-0.4, -0.2) is 72.9 Å². The van der Waals surface area contributed by atoms with Gasteiger partial charge in [0.05, 0.1) is 30.1 Å². The Morgan fingerprint density at radius 3 is 2.37 bits per heavy atom. The van der Waals surface area contributed by atoms with Crippen molar-refractivity contribution in [1.29, 1.82) is 0 Å². The molecule has 4 N–H and O–H groups in total. The first-order valence-corrected chi connectivity index (χ1v) is 10.1. The molecule has 35 heavy (non-hydrogen) atoms. The molecule has 0 saturated heterocycles. The number of carboxylic acids is 2. The monoisotopic (exact) mass is 522 g/mol. The van der Waals surface area contributed by atoms with Crippen molar-refractivity contribution >= 4 is 35.4 Å². The number of halogens is 5. The van der Waals surface area contributed by atoms with Crippen LogP contribution in [0.5, 0.6) is 0 Å². The molecule has 0 bridgehead atoms. The topological polar surface area (TPSA) is 153 Å². The van der Waals surface area contributed by atoms with Crippen molar-refractivity contribution in [3.63, 3.8) is 0 Å². The summed E-state index contributed by atoms with van der Waals surface area (Å²) in [7, 11) is 0. The molecule has 1 aromatic carbocycles. The van der Waals surface area contributed by atoms with Crippen LogP contribution in [0.2, 0.25) is 5.02 Å². The van der Waals surface area contributed by atoms with Crippen LogP contribution in [0.4, 0.5) is 23.5 Å². The van der Waals surface area contributed by atoms with E-state index in [1.54, 1.807) is 6.92 Å². The molecule has 0 saturated carbocycles. The van der Waals surface area contributed by atoms with Crippen LogP contribution in [0, 0.1) is 5.82 Å². The fourth-order valence-electron chi connectivity index (χ4n) is 2.87. The van der Waals surface area contributed by atoms with Crippen LogP contribution in [0.1, 0.15) is 29.8 Å². The van der Waals surface area contributed by atoms with Gasteiger partial charge in [-0.3, -0.25) is 4.79 Å². The number of carboxylic acid groups (broad SMARTS) is 2. The molecular weight excluding hydrogens is 504 g/mol. The Bertz CT molecular complexity index is 1150. The Labute approximate surface area is 200 Å². The molecule has 1 aliphatic rings. The Kier molecular flexibility index (Phi) is 8.57. The van der Waals surface area contributed by atoms with Gasteiger partial charge in [-0.15, -0.1) is 0 Å². The Morgan fingerprint density at radius 2 is 1.86 bits per heavy atom. The summed E-state index contributed by atoms with van der Waals surface area (Å²) < 4.78 is 46.4. The highest BCUT2D eigenvalue weighted by Crippen LogP contribution is 2.34. The van der Waals surface area contributed by atoms with E-state index in [2.05, 4.69) is 15.3 Å². The van der Waals surface area contributed by atoms with Gasteiger partial charge in [-0.1, -0.05) is 11.6 Å². The predicted octanol–water partition coefficient (Wildman–Crippen LogP) is 2.79. The van der Waals surface area contributed by atoms with Gasteiger partial charge in [-0.2, -0.15) is 13.2 Å². The zero-order valence-electron chi connectivity index (χ0n) is 18.1. The molecule has 2 atom stereocenters. The maximum atomic E-state index is 14.7. The molecule has 0 unspecified atom stereocenters. The third kappa shape index (κ3) is 6.54. The number of hydrogen-bond donors (Lipinski definition) is 4. The molecule has 3 rings (SSSR count). The lowest BCUT2D eigenvalue weighted by Crippen LogP contribution is -2.38. The second-order valence-corrected chi connectivity index (χ2v) is 7.76. The molecule has 2 aromatic rings. The number of aliphatic hydroxyl groups is 1. The number of anilines is 1. The number of fused-ring (bicyclic) bond motifs is 1. The fraction of sp³-hybridized carbons (Fsp3) is 0.350. The van der Waals surface area contributed by atoms with Gasteiger partial charge in [-0.05, 0) is 26.0 Å². The van der Waals surface area contributed by atoms with Gasteiger partial charge in [0.15, 0.2) is 0 Å². The summed E-state index contributed by atoms with van der Waals surface area (Å²) in [5, 5.41) is 28.4. The number of nitrogens with one attached hydrogen (secondary N) is 1. The van der Waals surface area contributed by atoms with Crippen LogP contribution in [0.15, 0.2) is 18.3 Å². The number of benzene rings is 1. The Balaban J connectivity index is 0.000000540. The summed E-state index contributed by atoms with van der Waals surface area (Å²) in [5.74, 6) is -4.95. The first kappa shape index (κ1) is 27.7. The van der Waals surface area contributed by atoms with Crippen LogP contribution in [-0.2, 0) is 16.1 Å². The maximum Gasteiger partial charge on any atom is 0.490 e. The zero-order valence-corrected chi connectivity index (χ0v) is 18.9. The molecule has 10 nitrogen and oxygen atoms in total. The third-order valence-electron chi connectivity index (χ3n) is 4.75. The number of carbonyl (C=O) groups is 3. The first-order chi connectivity index (χ1) is 16.2. The minimum Gasteiger partial charge on any atom is -0.480 e. The van der Waals surface area contributed by atoms with Gasteiger partial charge in [0.25, 0.3) is 5.91 Å². The van der Waals surface area contributed by atoms with Gasteiger partial charge < -0.3 is 25.5 Å². The largest absolute Gasteiger partial charge is 0.490 e. The van der Waals surface area contributed by atoms with Crippen molar-refractivity contribution in [3.8, 4) is 11.3 Å². The van der Waals surface area contributed by atoms with Gasteiger partial charge in [-0.25, -0.2) is 23.9 Å². The lowest BCUT2D eigenvalue weighted by molar-refractivity contribution is -0.192. The van der Waals surface area contributed by atoms with Gasteiger partial charge in [0.2, 0.25) is 5.95 Å². The molecule has 0 fully saturated rings. The normalized spacial score (nSPS) is 14.5. The summed E-state index contributed by atoms with van der Waals surface area (Å²) in [6, 6.07) is 1.26. The Morgan fingerprint density at radius 1 is 1.26 bits per heavy atom. The maximum absolute atomic E-state index is 14.7. The summed E-state index contributed by atoms with van der Waals surface area (Å²) in [5.41, 5.74) is 0.695. The molecule has 0 aliphatic carbocycles. The van der Waals surface area contributed by atoms with E-state index in [1.807, 2.05) is 0 Å². The lowest BCUT2D eigenvalue weighted by atomic mass is 10.0. The van der Waals surface area contributed by atoms with Crippen molar-refractivity contribution < 1.29 is 47.3 Å². The van der Waals surface area contributed by atoms with Crippen LogP contribution in [0.3, 0.4) is 0 Å². The molecule has 1 aliphatic heterocycles. The van der Waals surface area contributed by atoms with Crippen LogP contribution >= 0.6 is 11.6 Å². The highest BCUT2D eigenvalue weighted by atomic mass is 35.5. The molecule has 0 spiro atoms. The number of aliphatic hydroxyl groups excluding tert-OH is 1. The molecule has 1 amide bonds. The summed E-state index contributed by atoms with van der Waals surface area (Å²) in [6.45, 7) is 2.84. The number of alkyl halides is 3. The second kappa shape index (κ2) is 10.8. The Hall–Kier alpha value is -3.52. The minimum absolute atomic E-state index is 0.0796. The quantitative estimate of drug-likeness (QED) is 0.419. The lowest BCUT2D eigenvalue weighted by Gasteiger charge is -2.19. The minimum atomic E-state index is -5.08. The number of amides is 1. The van der Waals surface area contributed by atoms with E-state index in [1.165, 1.54) is 25.3 Å². The van der Waals surface area contributed by atoms with Crippen molar-refractivity contribution in [2.24, 2.45) is 0 Å². The zero-order chi connectivity index (χ0) is 26.7. The number of hydrogen-bond acceptors (Lipinski definition) is 7. The average Bonchev–Trinajstić information content (AvgIpc) is 3.11. The smallest absolute Gasteiger partial charge is 0.480 e. The van der Waals surface area contributed by atoms with E-state index >= 15 is 0 Å². The highest BCUT2D eigenvalue weighted by Gasteiger charge is 2.38. The summed E-state index contributed by atoms with van der Waals surface area (Å²) >= 11 is 6.16. The standard InChI is InChI=1S/C18H18ClFN4O4.C2HF3O2/c1-8(7-25)22-18-21-5-13(19)15(23-18)10-3-11-12(14(20)4-10)6-24(16(11)26)9(2)17(27)28;3-2(4,5)1(6)7/h3-5,8-9,25H,6-7H2,1-2H3,(H,27,28)(H,21,22,23);(H,6,7)/t8-,9+;/m0./s1. The SMILES string of the molecule is C[C@H](C(=O)O)N1Cc2c(F)cc(-c3nc(N[C@@H](C)CO)ncc3Cl)cc2C1=O.O=C(O)C(F)(F)F. The van der Waals surface area contributed by atoms with E-state index in [0.717, 1.165) is 4.90 Å². The molecule has 15 heteroatoms. The summed E-state index contributed by atoms with van der Waals surface area (Å²) in [6.07, 6.45) is -3.75. The van der Waals surface area contributed by atoms with E-state index in [0.29, 0.717) is 0 Å². The fourth-order valence-corrected chi connectivity index (χ4v) is 3.07.